The maximum atomic E-state index is 11.4. The summed E-state index contributed by atoms with van der Waals surface area (Å²) in [6.45, 7) is 0.589. The summed E-state index contributed by atoms with van der Waals surface area (Å²) in [6, 6.07) is 5.58. The fourth-order valence-corrected chi connectivity index (χ4v) is 2.02. The number of hydrogen-bond donors (Lipinski definition) is 1. The highest BCUT2D eigenvalue weighted by atomic mass is 32.1. The van der Waals surface area contributed by atoms with Gasteiger partial charge in [-0.05, 0) is 22.9 Å². The van der Waals surface area contributed by atoms with Crippen LogP contribution in [0.1, 0.15) is 5.56 Å². The summed E-state index contributed by atoms with van der Waals surface area (Å²) in [5.41, 5.74) is 2.38. The first-order chi connectivity index (χ1) is 8.74. The van der Waals surface area contributed by atoms with Crippen molar-refractivity contribution in [2.45, 2.75) is 6.54 Å². The van der Waals surface area contributed by atoms with Gasteiger partial charge in [-0.1, -0.05) is 15.7 Å². The molecule has 0 amide bonds. The van der Waals surface area contributed by atoms with Crippen LogP contribution in [0.3, 0.4) is 0 Å². The maximum Gasteiger partial charge on any atom is 0.419 e. The van der Waals surface area contributed by atoms with Crippen LogP contribution in [-0.2, 0) is 13.6 Å². The minimum Gasteiger partial charge on any atom is -0.408 e. The molecule has 7 nitrogen and oxygen atoms in total. The number of fused-ring (bicyclic) bond motifs is 1. The normalized spacial score (nSPS) is 10.9. The third-order valence-corrected chi connectivity index (χ3v) is 3.15. The van der Waals surface area contributed by atoms with Crippen LogP contribution >= 0.6 is 11.5 Å². The molecule has 92 valence electrons. The minimum atomic E-state index is -0.358. The Morgan fingerprint density at radius 1 is 1.50 bits per heavy atom. The summed E-state index contributed by atoms with van der Waals surface area (Å²) in [6.07, 6.45) is 0. The molecule has 0 unspecified atom stereocenters. The Kier molecular flexibility index (Phi) is 2.56. The molecule has 0 aliphatic carbocycles. The molecular formula is C10H9N5O2S. The average molecular weight is 263 g/mol. The molecule has 2 heterocycles. The Bertz CT molecular complexity index is 730. The third kappa shape index (κ3) is 1.86. The number of benzene rings is 1. The quantitative estimate of drug-likeness (QED) is 0.758. The van der Waals surface area contributed by atoms with Crippen molar-refractivity contribution in [2.24, 2.45) is 7.05 Å². The summed E-state index contributed by atoms with van der Waals surface area (Å²) >= 11 is 1.20. The van der Waals surface area contributed by atoms with Crippen molar-refractivity contribution in [3.8, 4) is 0 Å². The Balaban J connectivity index is 1.88. The highest BCUT2D eigenvalue weighted by molar-refractivity contribution is 7.09. The van der Waals surface area contributed by atoms with Gasteiger partial charge >= 0.3 is 5.76 Å². The lowest BCUT2D eigenvalue weighted by Crippen LogP contribution is -2.08. The number of aryl methyl sites for hydroxylation is 1. The van der Waals surface area contributed by atoms with Crippen LogP contribution in [-0.4, -0.2) is 19.4 Å². The van der Waals surface area contributed by atoms with Crippen molar-refractivity contribution in [2.75, 3.05) is 5.32 Å². The van der Waals surface area contributed by atoms with Crippen LogP contribution in [0.5, 0.6) is 0 Å². The minimum absolute atomic E-state index is 0.358. The molecule has 3 aromatic rings. The van der Waals surface area contributed by atoms with Crippen molar-refractivity contribution < 1.29 is 4.42 Å². The molecule has 0 aliphatic rings. The molecule has 0 atom stereocenters. The molecule has 0 saturated heterocycles. The topological polar surface area (TPSA) is 85.8 Å². The van der Waals surface area contributed by atoms with E-state index >= 15 is 0 Å². The van der Waals surface area contributed by atoms with Gasteiger partial charge in [0.2, 0.25) is 5.13 Å². The fraction of sp³-hybridized carbons (Fsp3) is 0.200. The SMILES string of the molecule is Cn1c(=O)oc2ccc(CNc3nnns3)cc21. The van der Waals surface area contributed by atoms with E-state index in [0.29, 0.717) is 17.3 Å². The lowest BCUT2D eigenvalue weighted by molar-refractivity contribution is 0.528. The number of nitrogens with one attached hydrogen (secondary N) is 1. The molecule has 8 heteroatoms. The number of aromatic nitrogens is 4. The van der Waals surface area contributed by atoms with Crippen molar-refractivity contribution in [1.29, 1.82) is 0 Å². The van der Waals surface area contributed by atoms with E-state index in [9.17, 15) is 4.79 Å². The van der Waals surface area contributed by atoms with Crippen LogP contribution in [0.15, 0.2) is 27.4 Å². The molecule has 2 aromatic heterocycles. The standard InChI is InChI=1S/C10H9N5O2S/c1-15-7-4-6(2-3-8(7)17-10(15)16)5-11-9-12-13-14-18-9/h2-4H,5H2,1H3,(H,11,12,14). The van der Waals surface area contributed by atoms with Gasteiger partial charge in [-0.15, -0.1) is 0 Å². The summed E-state index contributed by atoms with van der Waals surface area (Å²) in [7, 11) is 1.68. The van der Waals surface area contributed by atoms with E-state index in [1.54, 1.807) is 13.1 Å². The highest BCUT2D eigenvalue weighted by Crippen LogP contribution is 2.15. The van der Waals surface area contributed by atoms with Crippen LogP contribution in [0.4, 0.5) is 5.13 Å². The van der Waals surface area contributed by atoms with Gasteiger partial charge in [0.15, 0.2) is 5.58 Å². The first kappa shape index (κ1) is 10.9. The zero-order chi connectivity index (χ0) is 12.5. The number of anilines is 1. The van der Waals surface area contributed by atoms with Gasteiger partial charge in [0.25, 0.3) is 0 Å². The van der Waals surface area contributed by atoms with E-state index in [0.717, 1.165) is 11.1 Å². The number of rotatable bonds is 3. The molecule has 18 heavy (non-hydrogen) atoms. The van der Waals surface area contributed by atoms with Gasteiger partial charge in [0, 0.05) is 25.1 Å². The van der Waals surface area contributed by atoms with Crippen LogP contribution in [0.25, 0.3) is 11.1 Å². The zero-order valence-electron chi connectivity index (χ0n) is 9.45. The van der Waals surface area contributed by atoms with Crippen molar-refractivity contribution in [3.63, 3.8) is 0 Å². The van der Waals surface area contributed by atoms with Gasteiger partial charge < -0.3 is 9.73 Å². The number of nitrogens with zero attached hydrogens (tertiary/aromatic N) is 4. The first-order valence-electron chi connectivity index (χ1n) is 5.21. The predicted molar refractivity (Wildman–Crippen MR) is 66.5 cm³/mol. The highest BCUT2D eigenvalue weighted by Gasteiger charge is 2.06. The van der Waals surface area contributed by atoms with Crippen molar-refractivity contribution >= 4 is 27.8 Å². The molecule has 1 N–H and O–H groups in total. The second kappa shape index (κ2) is 4.22. The predicted octanol–water partition coefficient (Wildman–Crippen LogP) is 0.990. The van der Waals surface area contributed by atoms with Crippen LogP contribution in [0, 0.1) is 0 Å². The Morgan fingerprint density at radius 2 is 2.39 bits per heavy atom. The summed E-state index contributed by atoms with van der Waals surface area (Å²) < 4.78 is 10.2. The van der Waals surface area contributed by atoms with Crippen LogP contribution < -0.4 is 11.1 Å². The molecule has 0 radical (unpaired) electrons. The summed E-state index contributed by atoms with van der Waals surface area (Å²) in [5.74, 6) is -0.358. The molecule has 0 fully saturated rings. The second-order valence-corrected chi connectivity index (χ2v) is 4.48. The van der Waals surface area contributed by atoms with Crippen LogP contribution in [0.2, 0.25) is 0 Å². The molecule has 1 aromatic carbocycles. The zero-order valence-corrected chi connectivity index (χ0v) is 10.3. The van der Waals surface area contributed by atoms with E-state index in [2.05, 4.69) is 20.1 Å². The summed E-state index contributed by atoms with van der Waals surface area (Å²) in [4.78, 5) is 11.4. The average Bonchev–Trinajstić information content (AvgIpc) is 2.97. The molecule has 0 saturated carbocycles. The Hall–Kier alpha value is -2.22. The lowest BCUT2D eigenvalue weighted by atomic mass is 10.2. The molecule has 0 bridgehead atoms. The van der Waals surface area contributed by atoms with Gasteiger partial charge in [0.1, 0.15) is 0 Å². The maximum absolute atomic E-state index is 11.4. The smallest absolute Gasteiger partial charge is 0.408 e. The second-order valence-electron chi connectivity index (χ2n) is 3.75. The van der Waals surface area contributed by atoms with E-state index in [4.69, 9.17) is 4.42 Å². The van der Waals surface area contributed by atoms with Gasteiger partial charge in [-0.25, -0.2) is 4.79 Å². The molecule has 0 aliphatic heterocycles. The molecular weight excluding hydrogens is 254 g/mol. The largest absolute Gasteiger partial charge is 0.419 e. The van der Waals surface area contributed by atoms with Crippen molar-refractivity contribution in [3.05, 3.63) is 34.3 Å². The van der Waals surface area contributed by atoms with E-state index in [-0.39, 0.29) is 5.76 Å². The lowest BCUT2D eigenvalue weighted by Gasteiger charge is -2.02. The molecule has 0 spiro atoms. The Labute approximate surface area is 105 Å². The fourth-order valence-electron chi connectivity index (χ4n) is 1.66. The monoisotopic (exact) mass is 263 g/mol. The summed E-state index contributed by atoms with van der Waals surface area (Å²) in [5, 5.41) is 11.0. The third-order valence-electron chi connectivity index (χ3n) is 2.60. The van der Waals surface area contributed by atoms with Gasteiger partial charge in [-0.2, -0.15) is 0 Å². The van der Waals surface area contributed by atoms with E-state index in [1.165, 1.54) is 16.1 Å². The van der Waals surface area contributed by atoms with Gasteiger partial charge in [0.05, 0.1) is 5.52 Å². The first-order valence-corrected chi connectivity index (χ1v) is 5.99. The molecule has 3 rings (SSSR count). The van der Waals surface area contributed by atoms with Gasteiger partial charge in [-0.3, -0.25) is 4.57 Å². The number of oxazole rings is 1. The number of hydrogen-bond acceptors (Lipinski definition) is 7. The van der Waals surface area contributed by atoms with E-state index in [1.807, 2.05) is 12.1 Å². The Morgan fingerprint density at radius 3 is 3.17 bits per heavy atom. The van der Waals surface area contributed by atoms with E-state index < -0.39 is 0 Å². The van der Waals surface area contributed by atoms with Crippen molar-refractivity contribution in [1.82, 2.24) is 19.4 Å².